The highest BCUT2D eigenvalue weighted by atomic mass is 16.7. The van der Waals surface area contributed by atoms with Crippen LogP contribution in [0.1, 0.15) is 187 Å². The number of rotatable bonds is 37. The first-order chi connectivity index (χ1) is 27.3. The number of amides is 1. The van der Waals surface area contributed by atoms with E-state index >= 15 is 0 Å². The van der Waals surface area contributed by atoms with Crippen molar-refractivity contribution < 1.29 is 39.8 Å². The first-order valence-electron chi connectivity index (χ1n) is 22.9. The Morgan fingerprint density at radius 1 is 0.607 bits per heavy atom. The molecular weight excluding hydrogens is 707 g/mol. The minimum absolute atomic E-state index is 0.198. The predicted molar refractivity (Wildman–Crippen MR) is 230 cm³/mol. The first-order valence-corrected chi connectivity index (χ1v) is 22.9. The summed E-state index contributed by atoms with van der Waals surface area (Å²) in [5.41, 5.74) is 0. The molecule has 1 amide bonds. The fourth-order valence-electron chi connectivity index (χ4n) is 6.91. The van der Waals surface area contributed by atoms with Crippen LogP contribution >= 0.6 is 0 Å². The van der Waals surface area contributed by atoms with Gasteiger partial charge in [-0.2, -0.15) is 0 Å². The summed E-state index contributed by atoms with van der Waals surface area (Å²) in [6.07, 6.45) is 40.3. The SMILES string of the molecule is CCCCCC/C=C/CC/C=C/C(O)C(COC1OC(CO)C(O)C(O)C1O)NC(=O)CCCCCCCCC/C=C\C/C=C\CCCCCCCCCCC. The Bertz CT molecular complexity index is 1010. The molecule has 6 N–H and O–H groups in total. The molecule has 0 aliphatic carbocycles. The van der Waals surface area contributed by atoms with Crippen LogP contribution < -0.4 is 5.32 Å². The van der Waals surface area contributed by atoms with Crippen LogP contribution in [0, 0.1) is 0 Å². The number of nitrogens with one attached hydrogen (secondary N) is 1. The molecule has 0 aromatic rings. The second kappa shape index (κ2) is 37.4. The van der Waals surface area contributed by atoms with E-state index in [9.17, 15) is 30.3 Å². The van der Waals surface area contributed by atoms with Crippen molar-refractivity contribution in [2.24, 2.45) is 0 Å². The summed E-state index contributed by atoms with van der Waals surface area (Å²) < 4.78 is 11.2. The highest BCUT2D eigenvalue weighted by Crippen LogP contribution is 2.22. The summed E-state index contributed by atoms with van der Waals surface area (Å²) in [5, 5.41) is 54.0. The lowest BCUT2D eigenvalue weighted by Gasteiger charge is -2.40. The van der Waals surface area contributed by atoms with Crippen molar-refractivity contribution in [3.63, 3.8) is 0 Å². The van der Waals surface area contributed by atoms with Crippen molar-refractivity contribution in [1.82, 2.24) is 5.32 Å². The highest BCUT2D eigenvalue weighted by Gasteiger charge is 2.44. The Balaban J connectivity index is 2.30. The molecule has 1 rings (SSSR count). The summed E-state index contributed by atoms with van der Waals surface area (Å²) in [4.78, 5) is 12.9. The third-order valence-electron chi connectivity index (χ3n) is 10.6. The molecule has 1 aliphatic rings. The van der Waals surface area contributed by atoms with Crippen LogP contribution in [0.3, 0.4) is 0 Å². The first kappa shape index (κ1) is 52.2. The van der Waals surface area contributed by atoms with Crippen molar-refractivity contribution >= 4 is 5.91 Å². The number of allylic oxidation sites excluding steroid dienone is 7. The summed E-state index contributed by atoms with van der Waals surface area (Å²) in [7, 11) is 0. The molecule has 0 spiro atoms. The molecule has 1 saturated heterocycles. The quantitative estimate of drug-likeness (QED) is 0.0269. The van der Waals surface area contributed by atoms with Gasteiger partial charge in [0, 0.05) is 6.42 Å². The van der Waals surface area contributed by atoms with Crippen LogP contribution in [-0.2, 0) is 14.3 Å². The van der Waals surface area contributed by atoms with Crippen LogP contribution in [0.2, 0.25) is 0 Å². The molecule has 0 aromatic carbocycles. The molecule has 9 heteroatoms. The molecule has 0 aromatic heterocycles. The molecule has 0 saturated carbocycles. The number of carbonyl (C=O) groups excluding carboxylic acids is 1. The topological polar surface area (TPSA) is 149 Å². The Morgan fingerprint density at radius 3 is 1.62 bits per heavy atom. The fraction of sp³-hybridized carbons (Fsp3) is 0.809. The van der Waals surface area contributed by atoms with E-state index in [4.69, 9.17) is 9.47 Å². The normalized spacial score (nSPS) is 21.6. The Morgan fingerprint density at radius 2 is 1.07 bits per heavy atom. The van der Waals surface area contributed by atoms with Gasteiger partial charge in [-0.1, -0.05) is 165 Å². The van der Waals surface area contributed by atoms with Crippen molar-refractivity contribution in [3.8, 4) is 0 Å². The third kappa shape index (κ3) is 27.7. The van der Waals surface area contributed by atoms with E-state index in [0.29, 0.717) is 6.42 Å². The second-order valence-electron chi connectivity index (χ2n) is 15.8. The monoisotopic (exact) mass is 792 g/mol. The molecule has 7 atom stereocenters. The minimum Gasteiger partial charge on any atom is -0.394 e. The van der Waals surface area contributed by atoms with Crippen molar-refractivity contribution in [1.29, 1.82) is 0 Å². The minimum atomic E-state index is -1.57. The van der Waals surface area contributed by atoms with Crippen LogP contribution in [0.4, 0.5) is 0 Å². The van der Waals surface area contributed by atoms with E-state index in [2.05, 4.69) is 55.6 Å². The maximum absolute atomic E-state index is 12.9. The largest absolute Gasteiger partial charge is 0.394 e. The van der Waals surface area contributed by atoms with Gasteiger partial charge in [0.2, 0.25) is 5.91 Å². The lowest BCUT2D eigenvalue weighted by molar-refractivity contribution is -0.302. The molecule has 7 unspecified atom stereocenters. The van der Waals surface area contributed by atoms with Gasteiger partial charge in [-0.15, -0.1) is 0 Å². The van der Waals surface area contributed by atoms with E-state index in [1.807, 2.05) is 6.08 Å². The molecule has 1 aliphatic heterocycles. The van der Waals surface area contributed by atoms with E-state index in [1.165, 1.54) is 109 Å². The Labute approximate surface area is 342 Å². The van der Waals surface area contributed by atoms with Crippen molar-refractivity contribution in [2.45, 2.75) is 230 Å². The predicted octanol–water partition coefficient (Wildman–Crippen LogP) is 9.45. The van der Waals surface area contributed by atoms with E-state index in [-0.39, 0.29) is 12.5 Å². The van der Waals surface area contributed by atoms with Gasteiger partial charge in [0.15, 0.2) is 6.29 Å². The Kier molecular flexibility index (Phi) is 34.9. The highest BCUT2D eigenvalue weighted by molar-refractivity contribution is 5.76. The number of carbonyl (C=O) groups is 1. The maximum Gasteiger partial charge on any atom is 0.220 e. The van der Waals surface area contributed by atoms with Gasteiger partial charge >= 0.3 is 0 Å². The number of aliphatic hydroxyl groups excluding tert-OH is 5. The zero-order chi connectivity index (χ0) is 40.9. The van der Waals surface area contributed by atoms with Crippen LogP contribution in [-0.4, -0.2) is 87.5 Å². The van der Waals surface area contributed by atoms with Crippen LogP contribution in [0.15, 0.2) is 48.6 Å². The van der Waals surface area contributed by atoms with Gasteiger partial charge < -0.3 is 40.3 Å². The van der Waals surface area contributed by atoms with Gasteiger partial charge in [-0.05, 0) is 64.2 Å². The molecule has 1 heterocycles. The summed E-state index contributed by atoms with van der Waals surface area (Å²) in [5.74, 6) is -0.198. The number of aliphatic hydroxyl groups is 5. The van der Waals surface area contributed by atoms with Crippen LogP contribution in [0.25, 0.3) is 0 Å². The lowest BCUT2D eigenvalue weighted by Crippen LogP contribution is -2.60. The lowest BCUT2D eigenvalue weighted by atomic mass is 9.99. The van der Waals surface area contributed by atoms with Crippen molar-refractivity contribution in [2.75, 3.05) is 13.2 Å². The fourth-order valence-corrected chi connectivity index (χ4v) is 6.91. The maximum atomic E-state index is 12.9. The van der Waals surface area contributed by atoms with E-state index in [1.54, 1.807) is 6.08 Å². The number of ether oxygens (including phenoxy) is 2. The Hall–Kier alpha value is -1.85. The number of unbranched alkanes of at least 4 members (excludes halogenated alkanes) is 21. The number of hydrogen-bond donors (Lipinski definition) is 6. The molecule has 326 valence electrons. The standard InChI is InChI=1S/C47H85NO8/c1-3-5-7-9-11-13-15-16-17-18-19-20-21-22-23-24-25-26-27-29-31-33-35-37-43(51)48-40(39-55-47-46(54)45(53)44(52)42(38-49)56-47)41(50)36-34-32-30-28-14-12-10-8-6-4-2/h14,19-20,22-23,28,34,36,40-42,44-47,49-50,52-54H,3-13,15-18,21,24-27,29-33,35,37-39H2,1-2H3,(H,48,51)/b20-19-,23-22-,28-14+,36-34+. The molecule has 0 radical (unpaired) electrons. The smallest absolute Gasteiger partial charge is 0.220 e. The summed E-state index contributed by atoms with van der Waals surface area (Å²) in [6.45, 7) is 3.70. The van der Waals surface area contributed by atoms with Crippen molar-refractivity contribution in [3.05, 3.63) is 48.6 Å². The van der Waals surface area contributed by atoms with Gasteiger partial charge in [0.1, 0.15) is 24.4 Å². The van der Waals surface area contributed by atoms with E-state index < -0.39 is 49.5 Å². The zero-order valence-corrected chi connectivity index (χ0v) is 35.6. The average molecular weight is 792 g/mol. The molecule has 9 nitrogen and oxygen atoms in total. The summed E-state index contributed by atoms with van der Waals surface area (Å²) >= 11 is 0. The van der Waals surface area contributed by atoms with Gasteiger partial charge in [-0.3, -0.25) is 4.79 Å². The van der Waals surface area contributed by atoms with Crippen LogP contribution in [0.5, 0.6) is 0 Å². The zero-order valence-electron chi connectivity index (χ0n) is 35.6. The van der Waals surface area contributed by atoms with Gasteiger partial charge in [0.05, 0.1) is 25.4 Å². The average Bonchev–Trinajstić information content (AvgIpc) is 3.20. The number of hydrogen-bond acceptors (Lipinski definition) is 8. The molecule has 1 fully saturated rings. The molecule has 0 bridgehead atoms. The molecule has 56 heavy (non-hydrogen) atoms. The third-order valence-corrected chi connectivity index (χ3v) is 10.6. The van der Waals surface area contributed by atoms with E-state index in [0.717, 1.165) is 57.8 Å². The molecular formula is C47H85NO8. The summed E-state index contributed by atoms with van der Waals surface area (Å²) in [6, 6.07) is -0.824. The van der Waals surface area contributed by atoms with Gasteiger partial charge in [-0.25, -0.2) is 0 Å². The second-order valence-corrected chi connectivity index (χ2v) is 15.8. The van der Waals surface area contributed by atoms with Gasteiger partial charge in [0.25, 0.3) is 0 Å².